The van der Waals surface area contributed by atoms with E-state index in [0.29, 0.717) is 22.9 Å². The number of nitrogens with one attached hydrogen (secondary N) is 1. The molecule has 2 amide bonds. The van der Waals surface area contributed by atoms with Crippen molar-refractivity contribution < 1.29 is 14.3 Å². The Kier molecular flexibility index (Phi) is 6.66. The van der Waals surface area contributed by atoms with Gasteiger partial charge in [0.15, 0.2) is 0 Å². The Morgan fingerprint density at radius 1 is 1.20 bits per heavy atom. The predicted molar refractivity (Wildman–Crippen MR) is 119 cm³/mol. The van der Waals surface area contributed by atoms with Gasteiger partial charge in [-0.25, -0.2) is 9.97 Å². The van der Waals surface area contributed by atoms with E-state index in [1.807, 2.05) is 27.7 Å². The van der Waals surface area contributed by atoms with Crippen LogP contribution in [0.1, 0.15) is 40.6 Å². The van der Waals surface area contributed by atoms with Crippen molar-refractivity contribution in [1.82, 2.24) is 14.9 Å². The summed E-state index contributed by atoms with van der Waals surface area (Å²) in [5, 5.41) is 3.75. The minimum atomic E-state index is -0.263. The van der Waals surface area contributed by atoms with Crippen LogP contribution in [0.25, 0.3) is 10.2 Å². The first-order valence-corrected chi connectivity index (χ1v) is 10.7. The Hall–Kier alpha value is -3.00. The normalized spacial score (nSPS) is 10.8. The number of benzene rings is 1. The molecule has 0 unspecified atom stereocenters. The van der Waals surface area contributed by atoms with Gasteiger partial charge < -0.3 is 15.0 Å². The Morgan fingerprint density at radius 3 is 2.63 bits per heavy atom. The molecule has 7 nitrogen and oxygen atoms in total. The molecule has 30 heavy (non-hydrogen) atoms. The summed E-state index contributed by atoms with van der Waals surface area (Å²) in [6.45, 7) is 8.11. The first-order valence-electron chi connectivity index (χ1n) is 9.87. The summed E-state index contributed by atoms with van der Waals surface area (Å²) >= 11 is 1.36. The van der Waals surface area contributed by atoms with Crippen LogP contribution < -0.4 is 10.1 Å². The number of thiophene rings is 1. The summed E-state index contributed by atoms with van der Waals surface area (Å²) in [5.41, 5.74) is 2.37. The first kappa shape index (κ1) is 21.7. The number of rotatable bonds is 7. The van der Waals surface area contributed by atoms with E-state index in [0.717, 1.165) is 33.7 Å². The number of carbonyl (C=O) groups excluding carboxylic acids is 2. The number of likely N-dealkylation sites (N-methyl/N-ethyl adjacent to an activating group) is 1. The molecule has 3 aromatic rings. The van der Waals surface area contributed by atoms with Gasteiger partial charge in [-0.15, -0.1) is 11.3 Å². The van der Waals surface area contributed by atoms with Gasteiger partial charge in [-0.3, -0.25) is 9.59 Å². The lowest BCUT2D eigenvalue weighted by molar-refractivity contribution is -0.116. The molecule has 1 N–H and O–H groups in total. The summed E-state index contributed by atoms with van der Waals surface area (Å²) in [5.74, 6) is 0.989. The number of aromatic nitrogens is 2. The Bertz CT molecular complexity index is 1090. The van der Waals surface area contributed by atoms with Crippen molar-refractivity contribution in [2.24, 2.45) is 0 Å². The van der Waals surface area contributed by atoms with Crippen molar-refractivity contribution in [3.8, 4) is 5.75 Å². The van der Waals surface area contributed by atoms with Gasteiger partial charge in [-0.1, -0.05) is 13.0 Å². The maximum atomic E-state index is 13.2. The SMILES string of the molecule is CCc1nc(C)c2c(C)c(C(=O)N(CC)CC(=O)Nc3cccc(OC)c3)sc2n1. The second-order valence-corrected chi connectivity index (χ2v) is 7.91. The van der Waals surface area contributed by atoms with Crippen molar-refractivity contribution in [1.29, 1.82) is 0 Å². The lowest BCUT2D eigenvalue weighted by atomic mass is 10.1. The molecule has 0 fully saturated rings. The second kappa shape index (κ2) is 9.21. The predicted octanol–water partition coefficient (Wildman–Crippen LogP) is 3.98. The van der Waals surface area contributed by atoms with Crippen LogP contribution in [0, 0.1) is 13.8 Å². The molecule has 0 atom stereocenters. The van der Waals surface area contributed by atoms with Crippen LogP contribution >= 0.6 is 11.3 Å². The fourth-order valence-electron chi connectivity index (χ4n) is 3.30. The molecule has 8 heteroatoms. The summed E-state index contributed by atoms with van der Waals surface area (Å²) < 4.78 is 5.18. The third kappa shape index (κ3) is 4.43. The molecular weight excluding hydrogens is 400 g/mol. The van der Waals surface area contributed by atoms with E-state index in [4.69, 9.17) is 4.74 Å². The van der Waals surface area contributed by atoms with Crippen LogP contribution in [-0.4, -0.2) is 46.9 Å². The molecule has 0 radical (unpaired) electrons. The van der Waals surface area contributed by atoms with Gasteiger partial charge in [-0.2, -0.15) is 0 Å². The fraction of sp³-hybridized carbons (Fsp3) is 0.364. The Balaban J connectivity index is 1.81. The number of hydrogen-bond acceptors (Lipinski definition) is 6. The Labute approximate surface area is 180 Å². The van der Waals surface area contributed by atoms with Gasteiger partial charge >= 0.3 is 0 Å². The van der Waals surface area contributed by atoms with Gasteiger partial charge in [0.1, 0.15) is 22.9 Å². The quantitative estimate of drug-likeness (QED) is 0.618. The maximum absolute atomic E-state index is 13.2. The van der Waals surface area contributed by atoms with E-state index >= 15 is 0 Å². The van der Waals surface area contributed by atoms with Crippen LogP contribution in [0.3, 0.4) is 0 Å². The molecule has 3 rings (SSSR count). The molecule has 1 aromatic carbocycles. The molecule has 0 bridgehead atoms. The van der Waals surface area contributed by atoms with Crippen molar-refractivity contribution in [2.75, 3.05) is 25.5 Å². The highest BCUT2D eigenvalue weighted by molar-refractivity contribution is 7.20. The van der Waals surface area contributed by atoms with Gasteiger partial charge in [-0.05, 0) is 38.5 Å². The zero-order valence-corrected chi connectivity index (χ0v) is 18.7. The fourth-order valence-corrected chi connectivity index (χ4v) is 4.52. The summed E-state index contributed by atoms with van der Waals surface area (Å²) in [4.78, 5) is 37.8. The summed E-state index contributed by atoms with van der Waals surface area (Å²) in [6, 6.07) is 7.11. The highest BCUT2D eigenvalue weighted by atomic mass is 32.1. The monoisotopic (exact) mass is 426 g/mol. The van der Waals surface area contributed by atoms with Gasteiger partial charge in [0.05, 0.1) is 12.0 Å². The van der Waals surface area contributed by atoms with Crippen LogP contribution in [0.5, 0.6) is 5.75 Å². The minimum Gasteiger partial charge on any atom is -0.497 e. The number of aryl methyl sites for hydroxylation is 3. The number of fused-ring (bicyclic) bond motifs is 1. The molecular formula is C22H26N4O3S. The molecule has 2 aromatic heterocycles. The van der Waals surface area contributed by atoms with Crippen molar-refractivity contribution in [3.05, 3.63) is 46.2 Å². The van der Waals surface area contributed by atoms with Gasteiger partial charge in [0.2, 0.25) is 5.91 Å². The third-order valence-corrected chi connectivity index (χ3v) is 6.06. The molecule has 158 valence electrons. The molecule has 0 aliphatic rings. The lowest BCUT2D eigenvalue weighted by Crippen LogP contribution is -2.37. The lowest BCUT2D eigenvalue weighted by Gasteiger charge is -2.20. The minimum absolute atomic E-state index is 0.0366. The van der Waals surface area contributed by atoms with Crippen molar-refractivity contribution >= 4 is 39.1 Å². The zero-order valence-electron chi connectivity index (χ0n) is 17.9. The Morgan fingerprint density at radius 2 is 1.97 bits per heavy atom. The number of carbonyl (C=O) groups is 2. The number of nitrogens with zero attached hydrogens (tertiary/aromatic N) is 3. The van der Waals surface area contributed by atoms with Crippen molar-refractivity contribution in [3.63, 3.8) is 0 Å². The van der Waals surface area contributed by atoms with Crippen LogP contribution in [0.15, 0.2) is 24.3 Å². The van der Waals surface area contributed by atoms with E-state index in [9.17, 15) is 9.59 Å². The molecule has 0 saturated heterocycles. The molecule has 2 heterocycles. The van der Waals surface area contributed by atoms with Crippen LogP contribution in [0.2, 0.25) is 0 Å². The first-order chi connectivity index (χ1) is 14.4. The number of amides is 2. The van der Waals surface area contributed by atoms with Gasteiger partial charge in [0, 0.05) is 35.8 Å². The van der Waals surface area contributed by atoms with E-state index in [1.165, 1.54) is 16.2 Å². The van der Waals surface area contributed by atoms with E-state index in [-0.39, 0.29) is 18.4 Å². The number of anilines is 1. The van der Waals surface area contributed by atoms with Crippen LogP contribution in [0.4, 0.5) is 5.69 Å². The smallest absolute Gasteiger partial charge is 0.264 e. The highest BCUT2D eigenvalue weighted by Gasteiger charge is 2.24. The van der Waals surface area contributed by atoms with Crippen LogP contribution in [-0.2, 0) is 11.2 Å². The van der Waals surface area contributed by atoms with E-state index in [2.05, 4.69) is 15.3 Å². The average molecular weight is 427 g/mol. The standard InChI is InChI=1S/C22H26N4O3S/c1-6-17-23-14(4)19-13(3)20(30-21(19)25-17)22(28)26(7-2)12-18(27)24-15-9-8-10-16(11-15)29-5/h8-11H,6-7,12H2,1-5H3,(H,24,27). The average Bonchev–Trinajstić information content (AvgIpc) is 3.08. The molecule has 0 saturated carbocycles. The largest absolute Gasteiger partial charge is 0.497 e. The summed E-state index contributed by atoms with van der Waals surface area (Å²) in [7, 11) is 1.57. The molecule has 0 aliphatic carbocycles. The second-order valence-electron chi connectivity index (χ2n) is 6.91. The van der Waals surface area contributed by atoms with Crippen molar-refractivity contribution in [2.45, 2.75) is 34.1 Å². The molecule has 0 spiro atoms. The summed E-state index contributed by atoms with van der Waals surface area (Å²) in [6.07, 6.45) is 0.739. The third-order valence-electron chi connectivity index (χ3n) is 4.88. The number of hydrogen-bond donors (Lipinski definition) is 1. The number of ether oxygens (including phenoxy) is 1. The zero-order chi connectivity index (χ0) is 21.8. The number of methoxy groups -OCH3 is 1. The maximum Gasteiger partial charge on any atom is 0.264 e. The van der Waals surface area contributed by atoms with Gasteiger partial charge in [0.25, 0.3) is 5.91 Å². The highest BCUT2D eigenvalue weighted by Crippen LogP contribution is 2.32. The van der Waals surface area contributed by atoms with E-state index < -0.39 is 0 Å². The molecule has 0 aliphatic heterocycles. The van der Waals surface area contributed by atoms with E-state index in [1.54, 1.807) is 31.4 Å². The topological polar surface area (TPSA) is 84.4 Å².